The van der Waals surface area contributed by atoms with Crippen molar-refractivity contribution in [3.05, 3.63) is 23.4 Å². The Morgan fingerprint density at radius 3 is 3.00 bits per heavy atom. The van der Waals surface area contributed by atoms with E-state index in [9.17, 15) is 4.79 Å². The fourth-order valence-electron chi connectivity index (χ4n) is 1.51. The van der Waals surface area contributed by atoms with Gasteiger partial charge in [0.05, 0.1) is 12.8 Å². The molecule has 0 amide bonds. The minimum atomic E-state index is -0.983. The summed E-state index contributed by atoms with van der Waals surface area (Å²) in [6, 6.07) is 0. The monoisotopic (exact) mass is 212 g/mol. The van der Waals surface area contributed by atoms with Crippen molar-refractivity contribution < 1.29 is 14.7 Å². The van der Waals surface area contributed by atoms with Gasteiger partial charge >= 0.3 is 5.97 Å². The molecule has 0 aromatic heterocycles. The summed E-state index contributed by atoms with van der Waals surface area (Å²) >= 11 is 0. The van der Waals surface area contributed by atoms with Gasteiger partial charge in [-0.1, -0.05) is 6.08 Å². The van der Waals surface area contributed by atoms with E-state index in [1.54, 1.807) is 0 Å². The third-order valence-electron chi connectivity index (χ3n) is 2.17. The van der Waals surface area contributed by atoms with Crippen LogP contribution in [0.5, 0.6) is 0 Å². The van der Waals surface area contributed by atoms with E-state index in [-0.39, 0.29) is 0 Å². The van der Waals surface area contributed by atoms with Gasteiger partial charge in [0.25, 0.3) is 0 Å². The Morgan fingerprint density at radius 2 is 2.47 bits per heavy atom. The zero-order valence-electron chi connectivity index (χ0n) is 8.99. The van der Waals surface area contributed by atoms with Gasteiger partial charge in [-0.15, -0.1) is 0 Å². The highest BCUT2D eigenvalue weighted by Gasteiger charge is 2.13. The van der Waals surface area contributed by atoms with Gasteiger partial charge in [-0.2, -0.15) is 0 Å². The van der Waals surface area contributed by atoms with E-state index in [4.69, 9.17) is 9.94 Å². The topological polar surface area (TPSA) is 61.8 Å². The predicted octanol–water partition coefficient (Wildman–Crippen LogP) is 0.368. The van der Waals surface area contributed by atoms with Crippen LogP contribution in [0.1, 0.15) is 6.42 Å². The summed E-state index contributed by atoms with van der Waals surface area (Å²) < 4.78 is 0. The number of aliphatic carboxylic acids is 1. The molecule has 0 unspecified atom stereocenters. The molecular formula is C10H16N2O3. The van der Waals surface area contributed by atoms with Crippen molar-refractivity contribution in [1.29, 1.82) is 0 Å². The van der Waals surface area contributed by atoms with Crippen LogP contribution in [0.25, 0.3) is 0 Å². The van der Waals surface area contributed by atoms with Crippen molar-refractivity contribution in [2.45, 2.75) is 6.42 Å². The van der Waals surface area contributed by atoms with Crippen molar-refractivity contribution in [2.75, 3.05) is 27.2 Å². The Morgan fingerprint density at radius 1 is 1.73 bits per heavy atom. The molecule has 0 fully saturated rings. The summed E-state index contributed by atoms with van der Waals surface area (Å²) in [6.45, 7) is 1.73. The van der Waals surface area contributed by atoms with Gasteiger partial charge in [0.1, 0.15) is 0 Å². The molecule has 5 heteroatoms. The van der Waals surface area contributed by atoms with E-state index in [0.717, 1.165) is 31.2 Å². The maximum atomic E-state index is 10.6. The molecule has 1 aliphatic heterocycles. The summed E-state index contributed by atoms with van der Waals surface area (Å²) in [7, 11) is 3.46. The fourth-order valence-corrected chi connectivity index (χ4v) is 1.51. The second kappa shape index (κ2) is 5.53. The Balaban J connectivity index is 2.79. The van der Waals surface area contributed by atoms with Crippen LogP contribution in [0.15, 0.2) is 23.4 Å². The first-order valence-electron chi connectivity index (χ1n) is 4.75. The lowest BCUT2D eigenvalue weighted by Gasteiger charge is -2.24. The third kappa shape index (κ3) is 3.73. The van der Waals surface area contributed by atoms with Gasteiger partial charge in [-0.05, 0) is 19.0 Å². The van der Waals surface area contributed by atoms with E-state index < -0.39 is 5.97 Å². The van der Waals surface area contributed by atoms with Crippen molar-refractivity contribution in [3.8, 4) is 0 Å². The molecule has 0 aromatic rings. The molecule has 84 valence electrons. The van der Waals surface area contributed by atoms with Gasteiger partial charge < -0.3 is 10.0 Å². The lowest BCUT2D eigenvalue weighted by molar-refractivity contribution is -0.131. The molecule has 0 saturated carbocycles. The van der Waals surface area contributed by atoms with Crippen molar-refractivity contribution in [1.82, 2.24) is 10.4 Å². The summed E-state index contributed by atoms with van der Waals surface area (Å²) in [6.07, 6.45) is 4.07. The second-order valence-corrected chi connectivity index (χ2v) is 3.46. The van der Waals surface area contributed by atoms with Crippen LogP contribution in [0.2, 0.25) is 0 Å². The normalized spacial score (nSPS) is 18.5. The lowest BCUT2D eigenvalue weighted by Crippen LogP contribution is -2.29. The van der Waals surface area contributed by atoms with Crippen LogP contribution in [0.3, 0.4) is 0 Å². The number of carbonyl (C=O) groups is 1. The summed E-state index contributed by atoms with van der Waals surface area (Å²) in [5.74, 6) is -0.983. The number of nitrogens with zero attached hydrogens (tertiary/aromatic N) is 1. The van der Waals surface area contributed by atoms with Crippen LogP contribution in [-0.2, 0) is 9.63 Å². The average Bonchev–Trinajstić information content (AvgIpc) is 2.16. The number of hydrogen-bond donors (Lipinski definition) is 2. The summed E-state index contributed by atoms with van der Waals surface area (Å²) in [5.41, 5.74) is 4.05. The Hall–Kier alpha value is -1.33. The van der Waals surface area contributed by atoms with Gasteiger partial charge in [-0.3, -0.25) is 10.3 Å². The van der Waals surface area contributed by atoms with E-state index in [1.807, 2.05) is 13.1 Å². The number of likely N-dealkylation sites (N-methyl/N-ethyl adjacent to an activating group) is 1. The molecule has 1 heterocycles. The standard InChI is InChI=1S/C10H16N2O3/c1-12-5-3-4-8(7-12)9(11-15-2)6-10(13)14/h4,6,11H,3,5,7H2,1-2H3,(H,13,14). The highest BCUT2D eigenvalue weighted by Crippen LogP contribution is 2.14. The van der Waals surface area contributed by atoms with E-state index in [2.05, 4.69) is 10.4 Å². The van der Waals surface area contributed by atoms with Gasteiger partial charge in [-0.25, -0.2) is 4.79 Å². The Kier molecular flexibility index (Phi) is 4.33. The van der Waals surface area contributed by atoms with Crippen molar-refractivity contribution in [2.24, 2.45) is 0 Å². The maximum absolute atomic E-state index is 10.6. The average molecular weight is 212 g/mol. The number of carboxylic acid groups (broad SMARTS) is 1. The first kappa shape index (κ1) is 11.7. The summed E-state index contributed by atoms with van der Waals surface area (Å²) in [4.78, 5) is 17.5. The number of carboxylic acids is 1. The van der Waals surface area contributed by atoms with Crippen LogP contribution in [0, 0.1) is 0 Å². The summed E-state index contributed by atoms with van der Waals surface area (Å²) in [5, 5.41) is 8.69. The van der Waals surface area contributed by atoms with Crippen molar-refractivity contribution >= 4 is 5.97 Å². The SMILES string of the molecule is CONC(=CC(=O)O)C1=CCCN(C)C1. The second-order valence-electron chi connectivity index (χ2n) is 3.46. The molecule has 0 radical (unpaired) electrons. The molecule has 0 bridgehead atoms. The first-order valence-corrected chi connectivity index (χ1v) is 4.75. The van der Waals surface area contributed by atoms with Crippen LogP contribution < -0.4 is 5.48 Å². The zero-order chi connectivity index (χ0) is 11.3. The van der Waals surface area contributed by atoms with Crippen LogP contribution in [0.4, 0.5) is 0 Å². The molecule has 1 aliphatic rings. The molecule has 0 spiro atoms. The van der Waals surface area contributed by atoms with Crippen molar-refractivity contribution in [3.63, 3.8) is 0 Å². The molecule has 0 aromatic carbocycles. The van der Waals surface area contributed by atoms with Crippen LogP contribution in [-0.4, -0.2) is 43.2 Å². The lowest BCUT2D eigenvalue weighted by atomic mass is 10.1. The Bertz CT molecular complexity index is 297. The van der Waals surface area contributed by atoms with E-state index in [1.165, 1.54) is 7.11 Å². The highest BCUT2D eigenvalue weighted by atomic mass is 16.6. The molecule has 15 heavy (non-hydrogen) atoms. The number of nitrogens with one attached hydrogen (secondary N) is 1. The number of rotatable bonds is 4. The van der Waals surface area contributed by atoms with Gasteiger partial charge in [0.15, 0.2) is 0 Å². The fraction of sp³-hybridized carbons (Fsp3) is 0.500. The molecular weight excluding hydrogens is 196 g/mol. The number of hydrogen-bond acceptors (Lipinski definition) is 4. The smallest absolute Gasteiger partial charge is 0.330 e. The molecule has 5 nitrogen and oxygen atoms in total. The molecule has 1 rings (SSSR count). The Labute approximate surface area is 89.0 Å². The third-order valence-corrected chi connectivity index (χ3v) is 2.17. The molecule has 0 saturated heterocycles. The minimum Gasteiger partial charge on any atom is -0.478 e. The van der Waals surface area contributed by atoms with E-state index >= 15 is 0 Å². The predicted molar refractivity (Wildman–Crippen MR) is 56.1 cm³/mol. The first-order chi connectivity index (χ1) is 7.13. The largest absolute Gasteiger partial charge is 0.478 e. The van der Waals surface area contributed by atoms with E-state index in [0.29, 0.717) is 5.70 Å². The maximum Gasteiger partial charge on any atom is 0.330 e. The van der Waals surface area contributed by atoms with Gasteiger partial charge in [0, 0.05) is 19.2 Å². The minimum absolute atomic E-state index is 0.511. The number of hydroxylamine groups is 1. The zero-order valence-corrected chi connectivity index (χ0v) is 8.99. The molecule has 0 atom stereocenters. The molecule has 2 N–H and O–H groups in total. The molecule has 0 aliphatic carbocycles. The van der Waals surface area contributed by atoms with Gasteiger partial charge in [0.2, 0.25) is 0 Å². The van der Waals surface area contributed by atoms with Crippen LogP contribution >= 0.6 is 0 Å². The quantitative estimate of drug-likeness (QED) is 0.520. The highest BCUT2D eigenvalue weighted by molar-refractivity contribution is 5.81.